The number of carbonyl (C=O) groups is 1. The van der Waals surface area contributed by atoms with Gasteiger partial charge in [0.2, 0.25) is 0 Å². The standard InChI is InChI=1S/C18H21N3O2S/c1-3-12-23-16-9-7-15(8-10-16)13-20-21-18(22)14(2)24-17-6-4-5-11-19-17/h4-11,13-14H,3,12H2,1-2H3,(H,21,22). The molecule has 0 saturated heterocycles. The van der Waals surface area contributed by atoms with E-state index in [-0.39, 0.29) is 11.2 Å². The third-order valence-corrected chi connectivity index (χ3v) is 4.10. The van der Waals surface area contributed by atoms with Crippen LogP contribution in [-0.4, -0.2) is 29.0 Å². The number of hydrogen-bond donors (Lipinski definition) is 1. The molecule has 1 unspecified atom stereocenters. The molecule has 126 valence electrons. The summed E-state index contributed by atoms with van der Waals surface area (Å²) in [6.45, 7) is 4.59. The maximum absolute atomic E-state index is 12.0. The Hall–Kier alpha value is -2.34. The molecule has 0 spiro atoms. The number of hydrogen-bond acceptors (Lipinski definition) is 5. The Morgan fingerprint density at radius 3 is 2.79 bits per heavy atom. The maximum Gasteiger partial charge on any atom is 0.253 e. The van der Waals surface area contributed by atoms with Crippen LogP contribution in [-0.2, 0) is 4.79 Å². The summed E-state index contributed by atoms with van der Waals surface area (Å²) in [6.07, 6.45) is 4.29. The Kier molecular flexibility index (Phi) is 7.29. The molecule has 0 aliphatic heterocycles. The molecule has 0 radical (unpaired) electrons. The first kappa shape index (κ1) is 18.0. The molecule has 0 bridgehead atoms. The summed E-state index contributed by atoms with van der Waals surface area (Å²) < 4.78 is 5.52. The lowest BCUT2D eigenvalue weighted by Gasteiger charge is -2.08. The molecule has 2 aromatic rings. The summed E-state index contributed by atoms with van der Waals surface area (Å²) in [6, 6.07) is 13.2. The van der Waals surface area contributed by atoms with Crippen LogP contribution in [0.1, 0.15) is 25.8 Å². The summed E-state index contributed by atoms with van der Waals surface area (Å²) >= 11 is 1.39. The van der Waals surface area contributed by atoms with Gasteiger partial charge in [-0.05, 0) is 55.3 Å². The quantitative estimate of drug-likeness (QED) is 0.453. The van der Waals surface area contributed by atoms with Crippen LogP contribution in [0.25, 0.3) is 0 Å². The van der Waals surface area contributed by atoms with Gasteiger partial charge in [-0.2, -0.15) is 5.10 Å². The zero-order valence-electron chi connectivity index (χ0n) is 13.8. The summed E-state index contributed by atoms with van der Waals surface area (Å²) in [5.41, 5.74) is 3.44. The van der Waals surface area contributed by atoms with Crippen LogP contribution >= 0.6 is 11.8 Å². The van der Waals surface area contributed by atoms with Crippen LogP contribution in [0.2, 0.25) is 0 Å². The number of carbonyl (C=O) groups excluding carboxylic acids is 1. The van der Waals surface area contributed by atoms with E-state index in [1.165, 1.54) is 11.8 Å². The number of pyridine rings is 1. The Morgan fingerprint density at radius 2 is 2.12 bits per heavy atom. The molecule has 0 aliphatic carbocycles. The minimum atomic E-state index is -0.276. The molecule has 1 aromatic carbocycles. The molecule has 1 heterocycles. The first-order chi connectivity index (χ1) is 11.7. The van der Waals surface area contributed by atoms with Crippen molar-refractivity contribution in [3.63, 3.8) is 0 Å². The van der Waals surface area contributed by atoms with Gasteiger partial charge in [0.1, 0.15) is 5.75 Å². The summed E-state index contributed by atoms with van der Waals surface area (Å²) in [5, 5.41) is 4.53. The SMILES string of the molecule is CCCOc1ccc(C=NNC(=O)C(C)Sc2ccccn2)cc1. The molecule has 6 heteroatoms. The van der Waals surface area contributed by atoms with Crippen molar-refractivity contribution in [2.75, 3.05) is 6.61 Å². The molecule has 0 fully saturated rings. The van der Waals surface area contributed by atoms with E-state index in [2.05, 4.69) is 22.4 Å². The first-order valence-electron chi connectivity index (χ1n) is 7.82. The third-order valence-electron chi connectivity index (χ3n) is 3.05. The second-order valence-corrected chi connectivity index (χ2v) is 6.44. The van der Waals surface area contributed by atoms with Crippen molar-refractivity contribution in [3.05, 3.63) is 54.2 Å². The van der Waals surface area contributed by atoms with E-state index in [0.29, 0.717) is 6.61 Å². The van der Waals surface area contributed by atoms with Crippen LogP contribution in [0, 0.1) is 0 Å². The van der Waals surface area contributed by atoms with Crippen LogP contribution in [0.3, 0.4) is 0 Å². The number of aromatic nitrogens is 1. The summed E-state index contributed by atoms with van der Waals surface area (Å²) in [5.74, 6) is 0.670. The molecule has 0 saturated carbocycles. The molecule has 5 nitrogen and oxygen atoms in total. The van der Waals surface area contributed by atoms with Crippen LogP contribution in [0.4, 0.5) is 0 Å². The Labute approximate surface area is 146 Å². The predicted molar refractivity (Wildman–Crippen MR) is 97.5 cm³/mol. The van der Waals surface area contributed by atoms with E-state index < -0.39 is 0 Å². The number of ether oxygens (including phenoxy) is 1. The summed E-state index contributed by atoms with van der Waals surface area (Å²) in [7, 11) is 0. The Balaban J connectivity index is 1.81. The molecule has 1 amide bonds. The highest BCUT2D eigenvalue weighted by Crippen LogP contribution is 2.20. The fourth-order valence-electron chi connectivity index (χ4n) is 1.78. The first-order valence-corrected chi connectivity index (χ1v) is 8.70. The monoisotopic (exact) mass is 343 g/mol. The van der Waals surface area contributed by atoms with Crippen molar-refractivity contribution >= 4 is 23.9 Å². The Morgan fingerprint density at radius 1 is 1.33 bits per heavy atom. The van der Waals surface area contributed by atoms with E-state index in [4.69, 9.17) is 4.74 Å². The van der Waals surface area contributed by atoms with Gasteiger partial charge in [0, 0.05) is 6.20 Å². The van der Waals surface area contributed by atoms with Gasteiger partial charge in [0.05, 0.1) is 23.1 Å². The largest absolute Gasteiger partial charge is 0.494 e. The van der Waals surface area contributed by atoms with Crippen molar-refractivity contribution in [2.24, 2.45) is 5.10 Å². The second-order valence-electron chi connectivity index (χ2n) is 5.08. The molecule has 24 heavy (non-hydrogen) atoms. The highest BCUT2D eigenvalue weighted by Gasteiger charge is 2.13. The number of nitrogens with one attached hydrogen (secondary N) is 1. The topological polar surface area (TPSA) is 63.6 Å². The fraction of sp³-hybridized carbons (Fsp3) is 0.278. The zero-order chi connectivity index (χ0) is 17.2. The van der Waals surface area contributed by atoms with Crippen LogP contribution in [0.5, 0.6) is 5.75 Å². The molecule has 1 N–H and O–H groups in total. The van der Waals surface area contributed by atoms with Crippen molar-refractivity contribution < 1.29 is 9.53 Å². The highest BCUT2D eigenvalue weighted by atomic mass is 32.2. The second kappa shape index (κ2) is 9.72. The number of amides is 1. The lowest BCUT2D eigenvalue weighted by molar-refractivity contribution is -0.120. The lowest BCUT2D eigenvalue weighted by Crippen LogP contribution is -2.26. The van der Waals surface area contributed by atoms with Crippen molar-refractivity contribution in [3.8, 4) is 5.75 Å². The van der Waals surface area contributed by atoms with Gasteiger partial charge in [-0.15, -0.1) is 0 Å². The number of thioether (sulfide) groups is 1. The average molecular weight is 343 g/mol. The normalized spacial score (nSPS) is 12.1. The minimum absolute atomic E-state index is 0.162. The number of hydrazone groups is 1. The fourth-order valence-corrected chi connectivity index (χ4v) is 2.58. The van der Waals surface area contributed by atoms with Gasteiger partial charge in [-0.3, -0.25) is 4.79 Å². The lowest BCUT2D eigenvalue weighted by atomic mass is 10.2. The van der Waals surface area contributed by atoms with Gasteiger partial charge in [-0.25, -0.2) is 10.4 Å². The smallest absolute Gasteiger partial charge is 0.253 e. The van der Waals surface area contributed by atoms with E-state index in [1.807, 2.05) is 49.4 Å². The predicted octanol–water partition coefficient (Wildman–Crippen LogP) is 3.50. The van der Waals surface area contributed by atoms with E-state index >= 15 is 0 Å². The van der Waals surface area contributed by atoms with Gasteiger partial charge in [-0.1, -0.05) is 24.8 Å². The van der Waals surface area contributed by atoms with Gasteiger partial charge in [0.15, 0.2) is 0 Å². The molecule has 0 aliphatic rings. The van der Waals surface area contributed by atoms with Gasteiger partial charge in [0.25, 0.3) is 5.91 Å². The maximum atomic E-state index is 12.0. The molecular weight excluding hydrogens is 322 g/mol. The summed E-state index contributed by atoms with van der Waals surface area (Å²) in [4.78, 5) is 16.2. The number of nitrogens with zero attached hydrogens (tertiary/aromatic N) is 2. The molecule has 1 aromatic heterocycles. The van der Waals surface area contributed by atoms with Crippen molar-refractivity contribution in [1.82, 2.24) is 10.4 Å². The van der Waals surface area contributed by atoms with Crippen LogP contribution in [0.15, 0.2) is 58.8 Å². The van der Waals surface area contributed by atoms with Gasteiger partial charge >= 0.3 is 0 Å². The van der Waals surface area contributed by atoms with E-state index in [0.717, 1.165) is 22.8 Å². The molecule has 1 atom stereocenters. The Bertz CT molecular complexity index is 660. The average Bonchev–Trinajstić information content (AvgIpc) is 2.61. The highest BCUT2D eigenvalue weighted by molar-refractivity contribution is 8.00. The van der Waals surface area contributed by atoms with Crippen molar-refractivity contribution in [2.45, 2.75) is 30.5 Å². The minimum Gasteiger partial charge on any atom is -0.494 e. The third kappa shape index (κ3) is 6.04. The van der Waals surface area contributed by atoms with E-state index in [9.17, 15) is 4.79 Å². The number of rotatable bonds is 8. The zero-order valence-corrected chi connectivity index (χ0v) is 14.6. The van der Waals surface area contributed by atoms with E-state index in [1.54, 1.807) is 12.4 Å². The number of benzene rings is 1. The molecular formula is C18H21N3O2S. The van der Waals surface area contributed by atoms with Crippen molar-refractivity contribution in [1.29, 1.82) is 0 Å². The molecule has 2 rings (SSSR count). The van der Waals surface area contributed by atoms with Crippen LogP contribution < -0.4 is 10.2 Å². The van der Waals surface area contributed by atoms with Gasteiger partial charge < -0.3 is 4.74 Å².